The van der Waals surface area contributed by atoms with E-state index in [2.05, 4.69) is 10.8 Å². The lowest BCUT2D eigenvalue weighted by Crippen LogP contribution is -2.48. The molecule has 0 saturated carbocycles. The van der Waals surface area contributed by atoms with Crippen molar-refractivity contribution in [3.63, 3.8) is 0 Å². The monoisotopic (exact) mass is 368 g/mol. The Hall–Kier alpha value is -2.49. The summed E-state index contributed by atoms with van der Waals surface area (Å²) in [5.41, 5.74) is 4.27. The third kappa shape index (κ3) is 9.72. The van der Waals surface area contributed by atoms with Crippen LogP contribution in [0, 0.1) is 0 Å². The molecule has 0 aliphatic carbocycles. The summed E-state index contributed by atoms with van der Waals surface area (Å²) < 4.78 is 4.72. The molecule has 0 amide bonds. The van der Waals surface area contributed by atoms with Gasteiger partial charge in [-0.15, -0.1) is 0 Å². The van der Waals surface area contributed by atoms with Gasteiger partial charge in [-0.05, 0) is 24.8 Å². The standard InChI is InChI=1S/C15H22N2O3.C2H2O4/c18-12-19-9-8-14-6-7-15(10-16-14)17-20-11-13-4-2-1-3-5-13;3-1(4)2(5)6/h1-5,12,14-17H,6-11H2;(H,3,4)(H,5,6). The van der Waals surface area contributed by atoms with E-state index in [1.807, 2.05) is 30.3 Å². The number of nitrogens with one attached hydrogen (secondary N) is 2. The summed E-state index contributed by atoms with van der Waals surface area (Å²) in [6.07, 6.45) is 3.00. The van der Waals surface area contributed by atoms with Crippen LogP contribution in [0.5, 0.6) is 0 Å². The van der Waals surface area contributed by atoms with E-state index in [4.69, 9.17) is 29.4 Å². The minimum Gasteiger partial charge on any atom is -0.473 e. The highest BCUT2D eigenvalue weighted by Gasteiger charge is 2.20. The van der Waals surface area contributed by atoms with Crippen molar-refractivity contribution >= 4 is 18.4 Å². The maximum Gasteiger partial charge on any atom is 0.414 e. The lowest BCUT2D eigenvalue weighted by Gasteiger charge is -2.30. The van der Waals surface area contributed by atoms with Crippen molar-refractivity contribution in [1.82, 2.24) is 10.8 Å². The predicted octanol–water partition coefficient (Wildman–Crippen LogP) is 0.547. The van der Waals surface area contributed by atoms with Crippen molar-refractivity contribution in [2.45, 2.75) is 38.0 Å². The van der Waals surface area contributed by atoms with Crippen LogP contribution < -0.4 is 10.8 Å². The van der Waals surface area contributed by atoms with Crippen LogP contribution in [-0.2, 0) is 30.6 Å². The molecule has 26 heavy (non-hydrogen) atoms. The number of carboxylic acid groups (broad SMARTS) is 2. The number of hydrogen-bond acceptors (Lipinski definition) is 7. The summed E-state index contributed by atoms with van der Waals surface area (Å²) >= 11 is 0. The van der Waals surface area contributed by atoms with Crippen LogP contribution in [-0.4, -0.2) is 53.9 Å². The van der Waals surface area contributed by atoms with Crippen LogP contribution in [0.1, 0.15) is 24.8 Å². The van der Waals surface area contributed by atoms with Gasteiger partial charge in [-0.1, -0.05) is 30.3 Å². The van der Waals surface area contributed by atoms with E-state index in [0.717, 1.165) is 31.4 Å². The van der Waals surface area contributed by atoms with Gasteiger partial charge in [-0.2, -0.15) is 5.48 Å². The molecule has 0 aromatic heterocycles. The number of rotatable bonds is 8. The van der Waals surface area contributed by atoms with Gasteiger partial charge in [0.1, 0.15) is 0 Å². The van der Waals surface area contributed by atoms with E-state index in [1.165, 1.54) is 0 Å². The van der Waals surface area contributed by atoms with Crippen molar-refractivity contribution in [1.29, 1.82) is 0 Å². The first kappa shape index (κ1) is 21.6. The van der Waals surface area contributed by atoms with Crippen LogP contribution in [0.15, 0.2) is 30.3 Å². The van der Waals surface area contributed by atoms with Gasteiger partial charge in [-0.3, -0.25) is 9.63 Å². The number of aliphatic carboxylic acids is 2. The summed E-state index contributed by atoms with van der Waals surface area (Å²) in [5, 5.41) is 18.2. The van der Waals surface area contributed by atoms with Crippen molar-refractivity contribution in [3.05, 3.63) is 35.9 Å². The van der Waals surface area contributed by atoms with Crippen LogP contribution in [0.2, 0.25) is 0 Å². The summed E-state index contributed by atoms with van der Waals surface area (Å²) in [6.45, 7) is 2.45. The predicted molar refractivity (Wildman–Crippen MR) is 91.1 cm³/mol. The highest BCUT2D eigenvalue weighted by atomic mass is 16.6. The molecule has 2 rings (SSSR count). The number of hydrogen-bond donors (Lipinski definition) is 4. The fourth-order valence-corrected chi connectivity index (χ4v) is 2.34. The first-order valence-corrected chi connectivity index (χ1v) is 8.19. The maximum atomic E-state index is 10.1. The highest BCUT2D eigenvalue weighted by Crippen LogP contribution is 2.11. The Balaban J connectivity index is 0.000000487. The van der Waals surface area contributed by atoms with E-state index >= 15 is 0 Å². The lowest BCUT2D eigenvalue weighted by atomic mass is 9.99. The van der Waals surface area contributed by atoms with E-state index < -0.39 is 11.9 Å². The van der Waals surface area contributed by atoms with Gasteiger partial charge >= 0.3 is 11.9 Å². The van der Waals surface area contributed by atoms with E-state index in [-0.39, 0.29) is 0 Å². The van der Waals surface area contributed by atoms with Gasteiger partial charge in [-0.25, -0.2) is 9.59 Å². The Morgan fingerprint density at radius 1 is 1.19 bits per heavy atom. The number of benzene rings is 1. The summed E-state index contributed by atoms with van der Waals surface area (Å²) in [5.74, 6) is -3.65. The minimum absolute atomic E-state index is 0.335. The Labute approximate surface area is 151 Å². The third-order valence-corrected chi connectivity index (χ3v) is 3.68. The largest absolute Gasteiger partial charge is 0.473 e. The second-order valence-electron chi connectivity index (χ2n) is 5.64. The molecule has 0 spiro atoms. The quantitative estimate of drug-likeness (QED) is 0.224. The van der Waals surface area contributed by atoms with Gasteiger partial charge in [0.15, 0.2) is 0 Å². The molecule has 2 atom stereocenters. The zero-order valence-corrected chi connectivity index (χ0v) is 14.3. The van der Waals surface area contributed by atoms with Gasteiger partial charge in [0, 0.05) is 18.6 Å². The molecule has 1 fully saturated rings. The van der Waals surface area contributed by atoms with Gasteiger partial charge in [0.25, 0.3) is 6.47 Å². The Morgan fingerprint density at radius 3 is 2.42 bits per heavy atom. The van der Waals surface area contributed by atoms with Crippen LogP contribution in [0.25, 0.3) is 0 Å². The number of carbonyl (C=O) groups is 3. The molecule has 0 bridgehead atoms. The Bertz CT molecular complexity index is 533. The zero-order valence-electron chi connectivity index (χ0n) is 14.3. The number of ether oxygens (including phenoxy) is 1. The molecule has 1 heterocycles. The molecule has 1 aromatic rings. The molecular formula is C17H24N2O7. The topological polar surface area (TPSA) is 134 Å². The number of hydroxylamine groups is 1. The summed E-state index contributed by atoms with van der Waals surface area (Å²) in [7, 11) is 0. The molecule has 1 aliphatic heterocycles. The normalized spacial score (nSPS) is 18.9. The lowest BCUT2D eigenvalue weighted by molar-refractivity contribution is -0.159. The molecule has 1 aromatic carbocycles. The van der Waals surface area contributed by atoms with Crippen molar-refractivity contribution in [2.75, 3.05) is 13.2 Å². The Morgan fingerprint density at radius 2 is 1.88 bits per heavy atom. The van der Waals surface area contributed by atoms with Crippen LogP contribution in [0.3, 0.4) is 0 Å². The third-order valence-electron chi connectivity index (χ3n) is 3.68. The second-order valence-corrected chi connectivity index (χ2v) is 5.64. The summed E-state index contributed by atoms with van der Waals surface area (Å²) in [4.78, 5) is 33.8. The van der Waals surface area contributed by atoms with Crippen molar-refractivity contribution < 1.29 is 34.2 Å². The van der Waals surface area contributed by atoms with E-state index in [9.17, 15) is 4.79 Å². The molecule has 144 valence electrons. The molecule has 1 saturated heterocycles. The van der Waals surface area contributed by atoms with E-state index in [1.54, 1.807) is 0 Å². The molecule has 2 unspecified atom stereocenters. The van der Waals surface area contributed by atoms with Gasteiger partial charge < -0.3 is 20.3 Å². The SMILES string of the molecule is O=C(O)C(=O)O.O=COCCC1CCC(NOCc2ccccc2)CN1. The molecule has 9 heteroatoms. The number of carbonyl (C=O) groups excluding carboxylic acids is 1. The molecular weight excluding hydrogens is 344 g/mol. The van der Waals surface area contributed by atoms with E-state index in [0.29, 0.717) is 31.8 Å². The summed E-state index contributed by atoms with van der Waals surface area (Å²) in [6, 6.07) is 10.9. The second kappa shape index (κ2) is 12.8. The first-order valence-electron chi connectivity index (χ1n) is 8.19. The van der Waals surface area contributed by atoms with Crippen LogP contribution in [0.4, 0.5) is 0 Å². The average molecular weight is 368 g/mol. The average Bonchev–Trinajstić information content (AvgIpc) is 2.64. The molecule has 9 nitrogen and oxygen atoms in total. The highest BCUT2D eigenvalue weighted by molar-refractivity contribution is 6.27. The van der Waals surface area contributed by atoms with Gasteiger partial charge in [0.2, 0.25) is 0 Å². The fraction of sp³-hybridized carbons (Fsp3) is 0.471. The fourth-order valence-electron chi connectivity index (χ4n) is 2.34. The van der Waals surface area contributed by atoms with Crippen LogP contribution >= 0.6 is 0 Å². The van der Waals surface area contributed by atoms with Crippen molar-refractivity contribution in [3.8, 4) is 0 Å². The smallest absolute Gasteiger partial charge is 0.414 e. The molecule has 0 radical (unpaired) electrons. The molecule has 1 aliphatic rings. The van der Waals surface area contributed by atoms with Gasteiger partial charge in [0.05, 0.1) is 13.2 Å². The number of carboxylic acids is 2. The minimum atomic E-state index is -1.82. The Kier molecular flexibility index (Phi) is 10.6. The zero-order chi connectivity index (χ0) is 19.2. The first-order chi connectivity index (χ1) is 12.5. The molecule has 4 N–H and O–H groups in total. The maximum absolute atomic E-state index is 10.1. The van der Waals surface area contributed by atoms with Crippen molar-refractivity contribution in [2.24, 2.45) is 0 Å². The number of piperidine rings is 1.